The van der Waals surface area contributed by atoms with Crippen molar-refractivity contribution < 1.29 is 4.79 Å². The Morgan fingerprint density at radius 2 is 1.93 bits per heavy atom. The number of aryl methyl sites for hydroxylation is 1. The number of thiophene rings is 1. The van der Waals surface area contributed by atoms with E-state index in [1.54, 1.807) is 11.3 Å². The zero-order valence-corrected chi connectivity index (χ0v) is 16.7. The molecule has 0 atom stereocenters. The van der Waals surface area contributed by atoms with Gasteiger partial charge in [-0.15, -0.1) is 11.3 Å². The highest BCUT2D eigenvalue weighted by Crippen LogP contribution is 2.55. The SMILES string of the molecule is Cn1cc(-c2ccc(CCNC(=O)NC34CC5CC(CC(C5)C3)C4)s2)cn1. The van der Waals surface area contributed by atoms with Crippen molar-refractivity contribution in [2.24, 2.45) is 24.8 Å². The normalized spacial score (nSPS) is 31.2. The van der Waals surface area contributed by atoms with E-state index in [0.29, 0.717) is 6.54 Å². The number of urea groups is 1. The lowest BCUT2D eigenvalue weighted by atomic mass is 9.53. The topological polar surface area (TPSA) is 59.0 Å². The Labute approximate surface area is 164 Å². The summed E-state index contributed by atoms with van der Waals surface area (Å²) in [6.07, 6.45) is 12.6. The van der Waals surface area contributed by atoms with Crippen molar-refractivity contribution >= 4 is 17.4 Å². The van der Waals surface area contributed by atoms with Gasteiger partial charge in [0.25, 0.3) is 0 Å². The van der Waals surface area contributed by atoms with Gasteiger partial charge in [-0.05, 0) is 74.8 Å². The quantitative estimate of drug-likeness (QED) is 0.820. The summed E-state index contributed by atoms with van der Waals surface area (Å²) in [6, 6.07) is 4.33. The molecule has 0 saturated heterocycles. The molecule has 4 aliphatic carbocycles. The largest absolute Gasteiger partial charge is 0.338 e. The third-order valence-corrected chi connectivity index (χ3v) is 7.92. The first-order valence-electron chi connectivity index (χ1n) is 10.2. The lowest BCUT2D eigenvalue weighted by Gasteiger charge is -2.56. The first kappa shape index (κ1) is 17.3. The fourth-order valence-electron chi connectivity index (χ4n) is 6.06. The van der Waals surface area contributed by atoms with E-state index in [0.717, 1.165) is 29.7 Å². The fourth-order valence-corrected chi connectivity index (χ4v) is 7.05. The summed E-state index contributed by atoms with van der Waals surface area (Å²) in [5.41, 5.74) is 1.25. The van der Waals surface area contributed by atoms with Crippen molar-refractivity contribution in [3.8, 4) is 10.4 Å². The summed E-state index contributed by atoms with van der Waals surface area (Å²) in [4.78, 5) is 15.0. The minimum atomic E-state index is 0.0287. The Bertz CT molecular complexity index is 804. The number of hydrogen-bond donors (Lipinski definition) is 2. The summed E-state index contributed by atoms with van der Waals surface area (Å²) in [5, 5.41) is 10.7. The molecular weight excluding hydrogens is 356 g/mol. The van der Waals surface area contributed by atoms with Crippen LogP contribution in [0.15, 0.2) is 24.5 Å². The number of rotatable bonds is 5. The molecule has 4 fully saturated rings. The second-order valence-corrected chi connectivity index (χ2v) is 10.2. The standard InChI is InChI=1S/C21H28N4OS/c1-25-13-17(12-23-25)19-3-2-18(27-19)4-5-22-20(26)24-21-9-14-6-15(10-21)8-16(7-14)11-21/h2-3,12-16H,4-11H2,1H3,(H2,22,24,26). The van der Waals surface area contributed by atoms with Crippen LogP contribution in [0, 0.1) is 17.8 Å². The molecule has 2 heterocycles. The van der Waals surface area contributed by atoms with Crippen LogP contribution in [0.25, 0.3) is 10.4 Å². The maximum absolute atomic E-state index is 12.5. The van der Waals surface area contributed by atoms with Gasteiger partial charge in [-0.2, -0.15) is 5.10 Å². The first-order valence-corrected chi connectivity index (χ1v) is 11.0. The van der Waals surface area contributed by atoms with E-state index in [1.807, 2.05) is 24.1 Å². The second kappa shape index (κ2) is 6.66. The Morgan fingerprint density at radius 1 is 1.22 bits per heavy atom. The summed E-state index contributed by atoms with van der Waals surface area (Å²) >= 11 is 1.78. The smallest absolute Gasteiger partial charge is 0.315 e. The molecule has 4 bridgehead atoms. The molecule has 27 heavy (non-hydrogen) atoms. The Morgan fingerprint density at radius 3 is 2.56 bits per heavy atom. The van der Waals surface area contributed by atoms with Crippen molar-refractivity contribution in [2.75, 3.05) is 6.54 Å². The molecule has 0 aliphatic heterocycles. The molecule has 0 radical (unpaired) electrons. The molecule has 0 spiro atoms. The number of nitrogens with zero attached hydrogens (tertiary/aromatic N) is 2. The zero-order valence-electron chi connectivity index (χ0n) is 15.9. The van der Waals surface area contributed by atoms with Crippen LogP contribution in [0.4, 0.5) is 4.79 Å². The predicted octanol–water partition coefficient (Wildman–Crippen LogP) is 3.96. The average molecular weight is 385 g/mol. The highest BCUT2D eigenvalue weighted by molar-refractivity contribution is 7.15. The van der Waals surface area contributed by atoms with Crippen LogP contribution in [-0.2, 0) is 13.5 Å². The molecule has 2 N–H and O–H groups in total. The van der Waals surface area contributed by atoms with Gasteiger partial charge in [-0.1, -0.05) is 0 Å². The van der Waals surface area contributed by atoms with E-state index >= 15 is 0 Å². The zero-order chi connectivity index (χ0) is 18.4. The molecule has 144 valence electrons. The van der Waals surface area contributed by atoms with Crippen LogP contribution < -0.4 is 10.6 Å². The van der Waals surface area contributed by atoms with E-state index in [1.165, 1.54) is 48.3 Å². The molecule has 4 aliphatic rings. The summed E-state index contributed by atoms with van der Waals surface area (Å²) in [7, 11) is 1.93. The predicted molar refractivity (Wildman–Crippen MR) is 108 cm³/mol. The number of carbonyl (C=O) groups excluding carboxylic acids is 1. The minimum Gasteiger partial charge on any atom is -0.338 e. The van der Waals surface area contributed by atoms with Crippen LogP contribution in [0.5, 0.6) is 0 Å². The van der Waals surface area contributed by atoms with Crippen molar-refractivity contribution in [3.63, 3.8) is 0 Å². The molecule has 4 saturated carbocycles. The summed E-state index contributed by atoms with van der Waals surface area (Å²) < 4.78 is 1.82. The number of aromatic nitrogens is 2. The van der Waals surface area contributed by atoms with Gasteiger partial charge in [-0.25, -0.2) is 4.79 Å². The van der Waals surface area contributed by atoms with Gasteiger partial charge in [0.1, 0.15) is 0 Å². The minimum absolute atomic E-state index is 0.0287. The van der Waals surface area contributed by atoms with Gasteiger partial charge < -0.3 is 10.6 Å². The fraction of sp³-hybridized carbons (Fsp3) is 0.619. The number of carbonyl (C=O) groups is 1. The molecule has 6 heteroatoms. The van der Waals surface area contributed by atoms with Crippen LogP contribution in [0.3, 0.4) is 0 Å². The molecule has 6 rings (SSSR count). The van der Waals surface area contributed by atoms with Gasteiger partial charge >= 0.3 is 6.03 Å². The third-order valence-electron chi connectivity index (χ3n) is 6.72. The molecule has 2 aromatic rings. The monoisotopic (exact) mass is 384 g/mol. The lowest BCUT2D eigenvalue weighted by Crippen LogP contribution is -2.61. The number of nitrogens with one attached hydrogen (secondary N) is 2. The maximum atomic E-state index is 12.5. The molecule has 0 aromatic carbocycles. The van der Waals surface area contributed by atoms with Crippen LogP contribution in [0.1, 0.15) is 43.4 Å². The van der Waals surface area contributed by atoms with Gasteiger partial charge in [-0.3, -0.25) is 4.68 Å². The highest BCUT2D eigenvalue weighted by Gasteiger charge is 2.51. The van der Waals surface area contributed by atoms with E-state index in [4.69, 9.17) is 0 Å². The highest BCUT2D eigenvalue weighted by atomic mass is 32.1. The van der Waals surface area contributed by atoms with E-state index in [9.17, 15) is 4.79 Å². The van der Waals surface area contributed by atoms with Gasteiger partial charge in [0.05, 0.1) is 6.20 Å². The Kier molecular flexibility index (Phi) is 4.26. The van der Waals surface area contributed by atoms with Crippen LogP contribution >= 0.6 is 11.3 Å². The maximum Gasteiger partial charge on any atom is 0.315 e. The van der Waals surface area contributed by atoms with Gasteiger partial charge in [0.2, 0.25) is 0 Å². The van der Waals surface area contributed by atoms with Crippen molar-refractivity contribution in [1.82, 2.24) is 20.4 Å². The molecular formula is C21H28N4OS. The summed E-state index contributed by atoms with van der Waals surface area (Å²) in [6.45, 7) is 0.686. The second-order valence-electron chi connectivity index (χ2n) is 9.00. The van der Waals surface area contributed by atoms with Gasteiger partial charge in [0, 0.05) is 40.6 Å². The van der Waals surface area contributed by atoms with Crippen molar-refractivity contribution in [3.05, 3.63) is 29.4 Å². The van der Waals surface area contributed by atoms with E-state index in [-0.39, 0.29) is 11.6 Å². The molecule has 5 nitrogen and oxygen atoms in total. The van der Waals surface area contributed by atoms with Crippen molar-refractivity contribution in [2.45, 2.75) is 50.5 Å². The summed E-state index contributed by atoms with van der Waals surface area (Å²) in [5.74, 6) is 2.57. The number of hydrogen-bond acceptors (Lipinski definition) is 3. The third kappa shape index (κ3) is 3.51. The van der Waals surface area contributed by atoms with Crippen molar-refractivity contribution in [1.29, 1.82) is 0 Å². The molecule has 2 amide bonds. The van der Waals surface area contributed by atoms with Gasteiger partial charge in [0.15, 0.2) is 0 Å². The molecule has 2 aromatic heterocycles. The molecule has 0 unspecified atom stereocenters. The van der Waals surface area contributed by atoms with E-state index in [2.05, 4.69) is 27.9 Å². The number of amides is 2. The lowest BCUT2D eigenvalue weighted by molar-refractivity contribution is -0.0135. The van der Waals surface area contributed by atoms with E-state index < -0.39 is 0 Å². The Balaban J connectivity index is 1.13. The van der Waals surface area contributed by atoms with Crippen LogP contribution in [-0.4, -0.2) is 27.9 Å². The first-order chi connectivity index (χ1) is 13.1. The van der Waals surface area contributed by atoms with Crippen LogP contribution in [0.2, 0.25) is 0 Å². The Hall–Kier alpha value is -1.82. The average Bonchev–Trinajstić information content (AvgIpc) is 3.22.